The number of hydrogen-bond acceptors (Lipinski definition) is 3. The number of rotatable bonds is 8. The lowest BCUT2D eigenvalue weighted by molar-refractivity contribution is -0.132. The van der Waals surface area contributed by atoms with Gasteiger partial charge in [-0.05, 0) is 31.8 Å². The molecule has 1 unspecified atom stereocenters. The molecule has 0 aliphatic rings. The van der Waals surface area contributed by atoms with Gasteiger partial charge < -0.3 is 10.4 Å². The van der Waals surface area contributed by atoms with Crippen LogP contribution in [0.15, 0.2) is 11.6 Å². The number of nitrogens with one attached hydrogen (secondary N) is 1. The summed E-state index contributed by atoms with van der Waals surface area (Å²) in [6.07, 6.45) is 2.84. The molecule has 0 rings (SSSR count). The summed E-state index contributed by atoms with van der Waals surface area (Å²) in [6.45, 7) is 6.53. The fraction of sp³-hybridized carbons (Fsp3) is 0.727. The minimum absolute atomic E-state index is 0.401. The standard InChI is InChI=1S/C11H21NO2S/c1-4-15-8-6-10(3)12-7-5-9(2)11(13)14/h5,10,12H,4,6-8H2,1-3H3,(H,13,14)/b9-5-. The Labute approximate surface area is 96.3 Å². The molecule has 0 saturated carbocycles. The fourth-order valence-electron chi connectivity index (χ4n) is 1.01. The highest BCUT2D eigenvalue weighted by molar-refractivity contribution is 7.99. The van der Waals surface area contributed by atoms with Crippen molar-refractivity contribution in [1.29, 1.82) is 0 Å². The smallest absolute Gasteiger partial charge is 0.330 e. The molecule has 0 fully saturated rings. The number of aliphatic carboxylic acids is 1. The maximum Gasteiger partial charge on any atom is 0.330 e. The first-order chi connectivity index (χ1) is 7.07. The summed E-state index contributed by atoms with van der Waals surface area (Å²) < 4.78 is 0. The van der Waals surface area contributed by atoms with E-state index in [9.17, 15) is 4.79 Å². The molecule has 0 spiro atoms. The van der Waals surface area contributed by atoms with E-state index in [-0.39, 0.29) is 0 Å². The van der Waals surface area contributed by atoms with Crippen molar-refractivity contribution in [2.24, 2.45) is 0 Å². The van der Waals surface area contributed by atoms with E-state index in [2.05, 4.69) is 19.2 Å². The van der Waals surface area contributed by atoms with Crippen molar-refractivity contribution in [3.63, 3.8) is 0 Å². The highest BCUT2D eigenvalue weighted by Crippen LogP contribution is 2.03. The Bertz CT molecular complexity index is 217. The summed E-state index contributed by atoms with van der Waals surface area (Å²) in [6, 6.07) is 0.446. The van der Waals surface area contributed by atoms with Crippen molar-refractivity contribution in [1.82, 2.24) is 5.32 Å². The molecule has 0 aliphatic heterocycles. The highest BCUT2D eigenvalue weighted by Gasteiger charge is 2.01. The SMILES string of the molecule is CCSCCC(C)NC/C=C(/C)C(=O)O. The van der Waals surface area contributed by atoms with E-state index >= 15 is 0 Å². The summed E-state index contributed by atoms with van der Waals surface area (Å²) in [5.41, 5.74) is 0.401. The lowest BCUT2D eigenvalue weighted by Gasteiger charge is -2.11. The van der Waals surface area contributed by atoms with Crippen LogP contribution >= 0.6 is 11.8 Å². The summed E-state index contributed by atoms with van der Waals surface area (Å²) in [7, 11) is 0. The van der Waals surface area contributed by atoms with Gasteiger partial charge in [-0.1, -0.05) is 13.0 Å². The van der Waals surface area contributed by atoms with E-state index in [1.807, 2.05) is 11.8 Å². The van der Waals surface area contributed by atoms with E-state index in [1.54, 1.807) is 13.0 Å². The van der Waals surface area contributed by atoms with E-state index in [1.165, 1.54) is 0 Å². The van der Waals surface area contributed by atoms with Crippen molar-refractivity contribution >= 4 is 17.7 Å². The molecule has 0 heterocycles. The Balaban J connectivity index is 3.58. The molecule has 15 heavy (non-hydrogen) atoms. The van der Waals surface area contributed by atoms with Gasteiger partial charge in [0.1, 0.15) is 0 Å². The van der Waals surface area contributed by atoms with Crippen LogP contribution in [0.3, 0.4) is 0 Å². The largest absolute Gasteiger partial charge is 0.478 e. The molecular formula is C11H21NO2S. The zero-order valence-electron chi connectivity index (χ0n) is 9.75. The van der Waals surface area contributed by atoms with Crippen molar-refractivity contribution in [3.05, 3.63) is 11.6 Å². The predicted molar refractivity (Wildman–Crippen MR) is 66.5 cm³/mol. The van der Waals surface area contributed by atoms with Gasteiger partial charge in [-0.25, -0.2) is 4.79 Å². The van der Waals surface area contributed by atoms with Crippen LogP contribution in [0.4, 0.5) is 0 Å². The molecule has 0 saturated heterocycles. The van der Waals surface area contributed by atoms with Gasteiger partial charge in [-0.2, -0.15) is 11.8 Å². The molecule has 88 valence electrons. The van der Waals surface area contributed by atoms with Crippen LogP contribution in [0, 0.1) is 0 Å². The first kappa shape index (κ1) is 14.5. The van der Waals surface area contributed by atoms with E-state index in [4.69, 9.17) is 5.11 Å². The van der Waals surface area contributed by atoms with Gasteiger partial charge in [0.05, 0.1) is 0 Å². The molecule has 3 nitrogen and oxygen atoms in total. The summed E-state index contributed by atoms with van der Waals surface area (Å²) in [5, 5.41) is 11.9. The lowest BCUT2D eigenvalue weighted by atomic mass is 10.2. The number of carboxylic acid groups (broad SMARTS) is 1. The third-order valence-corrected chi connectivity index (χ3v) is 3.04. The average Bonchev–Trinajstić information content (AvgIpc) is 2.18. The molecule has 0 radical (unpaired) electrons. The van der Waals surface area contributed by atoms with Crippen molar-refractivity contribution in [3.8, 4) is 0 Å². The molecule has 0 aliphatic carbocycles. The van der Waals surface area contributed by atoms with E-state index in [0.717, 1.165) is 17.9 Å². The molecule has 0 amide bonds. The second kappa shape index (κ2) is 8.80. The number of thioether (sulfide) groups is 1. The molecule has 2 N–H and O–H groups in total. The van der Waals surface area contributed by atoms with Gasteiger partial charge in [0, 0.05) is 18.2 Å². The van der Waals surface area contributed by atoms with Gasteiger partial charge in [0.25, 0.3) is 0 Å². The van der Waals surface area contributed by atoms with E-state index in [0.29, 0.717) is 18.2 Å². The van der Waals surface area contributed by atoms with Crippen LogP contribution in [0.1, 0.15) is 27.2 Å². The first-order valence-corrected chi connectivity index (χ1v) is 6.44. The maximum absolute atomic E-state index is 10.5. The Morgan fingerprint density at radius 1 is 1.60 bits per heavy atom. The fourth-order valence-corrected chi connectivity index (χ4v) is 1.82. The third kappa shape index (κ3) is 8.51. The summed E-state index contributed by atoms with van der Waals surface area (Å²) in [5.74, 6) is 1.47. The van der Waals surface area contributed by atoms with Crippen LogP contribution in [0.25, 0.3) is 0 Å². The van der Waals surface area contributed by atoms with Crippen LogP contribution in [-0.2, 0) is 4.79 Å². The minimum Gasteiger partial charge on any atom is -0.478 e. The average molecular weight is 231 g/mol. The van der Waals surface area contributed by atoms with Crippen LogP contribution < -0.4 is 5.32 Å². The molecule has 0 aromatic carbocycles. The van der Waals surface area contributed by atoms with Crippen molar-refractivity contribution < 1.29 is 9.90 Å². The topological polar surface area (TPSA) is 49.3 Å². The van der Waals surface area contributed by atoms with Gasteiger partial charge in [0.2, 0.25) is 0 Å². The molecule has 0 aromatic rings. The third-order valence-electron chi connectivity index (χ3n) is 2.11. The Morgan fingerprint density at radius 2 is 2.27 bits per heavy atom. The number of carbonyl (C=O) groups is 1. The molecule has 0 aromatic heterocycles. The Hall–Kier alpha value is -0.480. The number of hydrogen-bond donors (Lipinski definition) is 2. The van der Waals surface area contributed by atoms with Crippen LogP contribution in [0.2, 0.25) is 0 Å². The second-order valence-corrected chi connectivity index (χ2v) is 4.88. The summed E-state index contributed by atoms with van der Waals surface area (Å²) >= 11 is 1.93. The predicted octanol–water partition coefficient (Wildman–Crippen LogP) is 2.14. The molecular weight excluding hydrogens is 210 g/mol. The lowest BCUT2D eigenvalue weighted by Crippen LogP contribution is -2.27. The summed E-state index contributed by atoms with van der Waals surface area (Å²) in [4.78, 5) is 10.5. The Morgan fingerprint density at radius 3 is 2.80 bits per heavy atom. The zero-order chi connectivity index (χ0) is 11.7. The number of carboxylic acids is 1. The van der Waals surface area contributed by atoms with Crippen LogP contribution in [-0.4, -0.2) is 35.2 Å². The zero-order valence-corrected chi connectivity index (χ0v) is 10.6. The van der Waals surface area contributed by atoms with Crippen molar-refractivity contribution in [2.75, 3.05) is 18.1 Å². The Kier molecular flexibility index (Phi) is 8.52. The molecule has 0 bridgehead atoms. The molecule has 4 heteroatoms. The van der Waals surface area contributed by atoms with E-state index < -0.39 is 5.97 Å². The van der Waals surface area contributed by atoms with Crippen LogP contribution in [0.5, 0.6) is 0 Å². The van der Waals surface area contributed by atoms with Gasteiger partial charge in [-0.15, -0.1) is 0 Å². The quantitative estimate of drug-likeness (QED) is 0.496. The highest BCUT2D eigenvalue weighted by atomic mass is 32.2. The second-order valence-electron chi connectivity index (χ2n) is 3.49. The van der Waals surface area contributed by atoms with Crippen molar-refractivity contribution in [2.45, 2.75) is 33.2 Å². The van der Waals surface area contributed by atoms with Gasteiger partial charge in [0.15, 0.2) is 0 Å². The monoisotopic (exact) mass is 231 g/mol. The normalized spacial score (nSPS) is 13.9. The van der Waals surface area contributed by atoms with Gasteiger partial charge >= 0.3 is 5.97 Å². The first-order valence-electron chi connectivity index (χ1n) is 5.29. The van der Waals surface area contributed by atoms with Gasteiger partial charge in [-0.3, -0.25) is 0 Å². The minimum atomic E-state index is -0.842. The molecule has 1 atom stereocenters. The maximum atomic E-state index is 10.5.